The van der Waals surface area contributed by atoms with E-state index in [9.17, 15) is 13.6 Å². The number of hydrogen-bond acceptors (Lipinski definition) is 2. The predicted octanol–water partition coefficient (Wildman–Crippen LogP) is 1.48. The van der Waals surface area contributed by atoms with E-state index in [0.29, 0.717) is 25.1 Å². The zero-order valence-electron chi connectivity index (χ0n) is 10.6. The fourth-order valence-corrected chi connectivity index (χ4v) is 1.66. The fraction of sp³-hybridized carbons (Fsp3) is 0.462. The van der Waals surface area contributed by atoms with Gasteiger partial charge in [0.15, 0.2) is 0 Å². The maximum absolute atomic E-state index is 12.9. The van der Waals surface area contributed by atoms with Gasteiger partial charge in [0.25, 0.3) is 0 Å². The van der Waals surface area contributed by atoms with E-state index in [1.54, 1.807) is 7.05 Å². The molecule has 1 aromatic carbocycles. The summed E-state index contributed by atoms with van der Waals surface area (Å²) < 4.78 is 25.8. The normalized spacial score (nSPS) is 12.2. The van der Waals surface area contributed by atoms with Crippen LogP contribution in [0.25, 0.3) is 0 Å². The Balaban J connectivity index is 2.39. The molecule has 100 valence electrons. The SMILES string of the molecule is CNCC(C)C(=O)NCCc1cc(F)cc(F)c1. The Kier molecular flexibility index (Phi) is 5.71. The van der Waals surface area contributed by atoms with Crippen molar-refractivity contribution in [1.29, 1.82) is 0 Å². The summed E-state index contributed by atoms with van der Waals surface area (Å²) in [7, 11) is 1.78. The number of benzene rings is 1. The Bertz CT molecular complexity index is 390. The van der Waals surface area contributed by atoms with Crippen LogP contribution in [0.5, 0.6) is 0 Å². The average Bonchev–Trinajstić information content (AvgIpc) is 2.27. The first-order chi connectivity index (χ1) is 8.52. The van der Waals surface area contributed by atoms with Gasteiger partial charge in [0.05, 0.1) is 0 Å². The Labute approximate surface area is 106 Å². The molecule has 0 heterocycles. The van der Waals surface area contributed by atoms with Crippen LogP contribution in [-0.2, 0) is 11.2 Å². The zero-order valence-corrected chi connectivity index (χ0v) is 10.6. The summed E-state index contributed by atoms with van der Waals surface area (Å²) in [5, 5.41) is 5.64. The molecule has 0 spiro atoms. The molecular formula is C13H18F2N2O. The van der Waals surface area contributed by atoms with Crippen molar-refractivity contribution < 1.29 is 13.6 Å². The number of nitrogens with one attached hydrogen (secondary N) is 2. The molecule has 5 heteroatoms. The molecule has 0 saturated carbocycles. The summed E-state index contributed by atoms with van der Waals surface area (Å²) in [6.07, 6.45) is 0.409. The third-order valence-corrected chi connectivity index (χ3v) is 2.59. The number of carbonyl (C=O) groups excluding carboxylic acids is 1. The molecule has 0 saturated heterocycles. The lowest BCUT2D eigenvalue weighted by Gasteiger charge is -2.11. The molecule has 1 atom stereocenters. The Morgan fingerprint density at radius 3 is 2.44 bits per heavy atom. The number of amides is 1. The van der Waals surface area contributed by atoms with Crippen LogP contribution < -0.4 is 10.6 Å². The van der Waals surface area contributed by atoms with Gasteiger partial charge in [0.2, 0.25) is 5.91 Å². The number of carbonyl (C=O) groups is 1. The van der Waals surface area contributed by atoms with Crippen LogP contribution in [0, 0.1) is 17.6 Å². The van der Waals surface area contributed by atoms with Crippen molar-refractivity contribution in [2.75, 3.05) is 20.1 Å². The highest BCUT2D eigenvalue weighted by atomic mass is 19.1. The van der Waals surface area contributed by atoms with E-state index in [-0.39, 0.29) is 11.8 Å². The lowest BCUT2D eigenvalue weighted by atomic mass is 10.1. The standard InChI is InChI=1S/C13H18F2N2O/c1-9(8-16-2)13(18)17-4-3-10-5-11(14)7-12(15)6-10/h5-7,9,16H,3-4,8H2,1-2H3,(H,17,18). The zero-order chi connectivity index (χ0) is 13.5. The maximum atomic E-state index is 12.9. The van der Waals surface area contributed by atoms with E-state index in [1.807, 2.05) is 6.92 Å². The topological polar surface area (TPSA) is 41.1 Å². The second-order valence-electron chi connectivity index (χ2n) is 4.28. The summed E-state index contributed by atoms with van der Waals surface area (Å²) in [6, 6.07) is 3.37. The highest BCUT2D eigenvalue weighted by Gasteiger charge is 2.10. The van der Waals surface area contributed by atoms with E-state index in [4.69, 9.17) is 0 Å². The molecule has 1 aromatic rings. The third kappa shape index (κ3) is 4.79. The van der Waals surface area contributed by atoms with Crippen molar-refractivity contribution in [3.63, 3.8) is 0 Å². The first-order valence-corrected chi connectivity index (χ1v) is 5.90. The lowest BCUT2D eigenvalue weighted by molar-refractivity contribution is -0.124. The second kappa shape index (κ2) is 7.06. The molecule has 18 heavy (non-hydrogen) atoms. The number of hydrogen-bond donors (Lipinski definition) is 2. The first-order valence-electron chi connectivity index (χ1n) is 5.90. The Hall–Kier alpha value is -1.49. The minimum atomic E-state index is -0.597. The molecule has 0 aliphatic heterocycles. The molecule has 0 aromatic heterocycles. The summed E-state index contributed by atoms with van der Waals surface area (Å²) in [5.41, 5.74) is 0.536. The smallest absolute Gasteiger partial charge is 0.224 e. The molecule has 0 aliphatic carbocycles. The summed E-state index contributed by atoms with van der Waals surface area (Å²) >= 11 is 0. The Morgan fingerprint density at radius 1 is 1.28 bits per heavy atom. The number of rotatable bonds is 6. The first kappa shape index (κ1) is 14.6. The molecule has 1 amide bonds. The molecular weight excluding hydrogens is 238 g/mol. The lowest BCUT2D eigenvalue weighted by Crippen LogP contribution is -2.35. The van der Waals surface area contributed by atoms with Crippen LogP contribution in [-0.4, -0.2) is 26.0 Å². The van der Waals surface area contributed by atoms with Crippen LogP contribution in [0.3, 0.4) is 0 Å². The molecule has 1 unspecified atom stereocenters. The monoisotopic (exact) mass is 256 g/mol. The maximum Gasteiger partial charge on any atom is 0.224 e. The van der Waals surface area contributed by atoms with Gasteiger partial charge in [-0.15, -0.1) is 0 Å². The highest BCUT2D eigenvalue weighted by molar-refractivity contribution is 5.78. The minimum absolute atomic E-state index is 0.0683. The van der Waals surface area contributed by atoms with Crippen molar-refractivity contribution >= 4 is 5.91 Å². The second-order valence-corrected chi connectivity index (χ2v) is 4.28. The van der Waals surface area contributed by atoms with E-state index < -0.39 is 11.6 Å². The molecule has 0 radical (unpaired) electrons. The van der Waals surface area contributed by atoms with E-state index >= 15 is 0 Å². The van der Waals surface area contributed by atoms with Crippen LogP contribution in [0.4, 0.5) is 8.78 Å². The summed E-state index contributed by atoms with van der Waals surface area (Å²) in [5.74, 6) is -1.39. The van der Waals surface area contributed by atoms with Crippen LogP contribution in [0.1, 0.15) is 12.5 Å². The average molecular weight is 256 g/mol. The van der Waals surface area contributed by atoms with E-state index in [0.717, 1.165) is 6.07 Å². The van der Waals surface area contributed by atoms with Gasteiger partial charge in [-0.2, -0.15) is 0 Å². The Morgan fingerprint density at radius 2 is 1.89 bits per heavy atom. The van der Waals surface area contributed by atoms with Crippen molar-refractivity contribution in [2.24, 2.45) is 5.92 Å². The molecule has 0 aliphatic rings. The summed E-state index contributed by atoms with van der Waals surface area (Å²) in [4.78, 5) is 11.6. The predicted molar refractivity (Wildman–Crippen MR) is 66.2 cm³/mol. The van der Waals surface area contributed by atoms with Gasteiger partial charge in [0, 0.05) is 25.1 Å². The van der Waals surface area contributed by atoms with Crippen LogP contribution in [0.15, 0.2) is 18.2 Å². The van der Waals surface area contributed by atoms with Crippen molar-refractivity contribution in [2.45, 2.75) is 13.3 Å². The van der Waals surface area contributed by atoms with Gasteiger partial charge in [-0.1, -0.05) is 6.92 Å². The third-order valence-electron chi connectivity index (χ3n) is 2.59. The van der Waals surface area contributed by atoms with Crippen LogP contribution >= 0.6 is 0 Å². The van der Waals surface area contributed by atoms with E-state index in [1.165, 1.54) is 12.1 Å². The molecule has 1 rings (SSSR count). The molecule has 3 nitrogen and oxygen atoms in total. The van der Waals surface area contributed by atoms with Gasteiger partial charge in [0.1, 0.15) is 11.6 Å². The highest BCUT2D eigenvalue weighted by Crippen LogP contribution is 2.08. The van der Waals surface area contributed by atoms with Gasteiger partial charge < -0.3 is 10.6 Å². The number of halogens is 2. The largest absolute Gasteiger partial charge is 0.355 e. The van der Waals surface area contributed by atoms with Gasteiger partial charge in [-0.05, 0) is 31.2 Å². The minimum Gasteiger partial charge on any atom is -0.355 e. The summed E-state index contributed by atoms with van der Waals surface area (Å²) in [6.45, 7) is 2.78. The van der Waals surface area contributed by atoms with Gasteiger partial charge in [-0.3, -0.25) is 4.79 Å². The van der Waals surface area contributed by atoms with Crippen LogP contribution in [0.2, 0.25) is 0 Å². The molecule has 0 fully saturated rings. The molecule has 0 bridgehead atoms. The molecule has 2 N–H and O–H groups in total. The fourth-order valence-electron chi connectivity index (χ4n) is 1.66. The van der Waals surface area contributed by atoms with E-state index in [2.05, 4.69) is 10.6 Å². The quantitative estimate of drug-likeness (QED) is 0.809. The van der Waals surface area contributed by atoms with Gasteiger partial charge in [-0.25, -0.2) is 8.78 Å². The van der Waals surface area contributed by atoms with Crippen molar-refractivity contribution in [3.8, 4) is 0 Å². The van der Waals surface area contributed by atoms with Gasteiger partial charge >= 0.3 is 0 Å². The van der Waals surface area contributed by atoms with Crippen molar-refractivity contribution in [3.05, 3.63) is 35.4 Å². The van der Waals surface area contributed by atoms with Crippen molar-refractivity contribution in [1.82, 2.24) is 10.6 Å².